The van der Waals surface area contributed by atoms with Crippen molar-refractivity contribution in [3.05, 3.63) is 0 Å². The van der Waals surface area contributed by atoms with Crippen LogP contribution in [0.15, 0.2) is 0 Å². The van der Waals surface area contributed by atoms with Gasteiger partial charge in [-0.3, -0.25) is 0 Å². The smallest absolute Gasteiger partial charge is 0.550 e. The van der Waals surface area contributed by atoms with Gasteiger partial charge < -0.3 is 41.2 Å². The van der Waals surface area contributed by atoms with Crippen LogP contribution in [-0.2, 0) is 14.4 Å². The largest absolute Gasteiger partial charge is 1.00 e. The Morgan fingerprint density at radius 1 is 0.684 bits per heavy atom. The van der Waals surface area contributed by atoms with Crippen LogP contribution in [0, 0.1) is 0 Å². The Labute approximate surface area is 241 Å². The number of aliphatic carboxylic acids is 3. The van der Waals surface area contributed by atoms with Crippen molar-refractivity contribution < 1.29 is 184 Å². The van der Waals surface area contributed by atoms with Gasteiger partial charge in [0.15, 0.2) is 0 Å². The molecule has 0 aliphatic heterocycles. The molecular weight excluding hydrogens is 337 g/mol. The van der Waals surface area contributed by atoms with E-state index in [0.717, 1.165) is 20.8 Å². The van der Waals surface area contributed by atoms with Crippen LogP contribution >= 0.6 is 0 Å². The van der Waals surface area contributed by atoms with E-state index in [1.54, 1.807) is 0 Å². The number of carbonyl (C=O) groups is 3. The third-order valence-corrected chi connectivity index (χ3v) is 0.167. The van der Waals surface area contributed by atoms with Crippen molar-refractivity contribution in [2.75, 3.05) is 13.1 Å². The van der Waals surface area contributed by atoms with Crippen LogP contribution in [0.2, 0.25) is 0 Å². The first-order valence-electron chi connectivity index (χ1n) is 4.04. The van der Waals surface area contributed by atoms with E-state index in [4.69, 9.17) is 41.2 Å². The molecule has 0 saturated heterocycles. The average Bonchev–Trinajstić information content (AvgIpc) is 2.00. The molecule has 0 fully saturated rings. The van der Waals surface area contributed by atoms with Gasteiger partial charge in [0.25, 0.3) is 0 Å². The fraction of sp³-hybridized carbons (Fsp3) is 0.625. The molecule has 0 aromatic heterocycles. The quantitative estimate of drug-likeness (QED) is 0.437. The maximum atomic E-state index is 8.89. The zero-order valence-corrected chi connectivity index (χ0v) is 21.9. The van der Waals surface area contributed by atoms with Gasteiger partial charge in [-0.05, 0) is 20.8 Å². The third kappa shape index (κ3) is 437. The summed E-state index contributed by atoms with van der Waals surface area (Å²) in [5.41, 5.74) is 9.81. The van der Waals surface area contributed by atoms with Gasteiger partial charge in [0.1, 0.15) is 0 Å². The standard InChI is InChI=1S/C2H8N2.3C2H4O2.3K/c3-1-2-4;3*1-2(3)4;;;/h1-4H2;3*1H3,(H,3,4);;;/q;;;;3*+1/p-3. The summed E-state index contributed by atoms with van der Waals surface area (Å²) in [6.07, 6.45) is 0. The van der Waals surface area contributed by atoms with Crippen molar-refractivity contribution in [3.8, 4) is 0 Å². The minimum atomic E-state index is -1.08. The van der Waals surface area contributed by atoms with E-state index in [9.17, 15) is 0 Å². The molecule has 0 unspecified atom stereocenters. The van der Waals surface area contributed by atoms with Crippen LogP contribution in [0.3, 0.4) is 0 Å². The summed E-state index contributed by atoms with van der Waals surface area (Å²) < 4.78 is 0. The second kappa shape index (κ2) is 42.9. The summed E-state index contributed by atoms with van der Waals surface area (Å²) in [6.45, 7) is 4.11. The van der Waals surface area contributed by atoms with Crippen LogP contribution in [0.5, 0.6) is 0 Å². The van der Waals surface area contributed by atoms with E-state index in [1.807, 2.05) is 0 Å². The Morgan fingerprint density at radius 3 is 0.737 bits per heavy atom. The summed E-state index contributed by atoms with van der Waals surface area (Å²) in [4.78, 5) is 26.7. The fourth-order valence-corrected chi connectivity index (χ4v) is 0. The van der Waals surface area contributed by atoms with Gasteiger partial charge in [-0.2, -0.15) is 0 Å². The van der Waals surface area contributed by atoms with Crippen molar-refractivity contribution in [2.45, 2.75) is 20.8 Å². The number of carboxylic acid groups (broad SMARTS) is 3. The fourth-order valence-electron chi connectivity index (χ4n) is 0. The molecule has 0 aliphatic carbocycles. The molecule has 0 heterocycles. The van der Waals surface area contributed by atoms with Crippen LogP contribution < -0.4 is 181 Å². The molecule has 98 valence electrons. The van der Waals surface area contributed by atoms with Gasteiger partial charge in [0.2, 0.25) is 0 Å². The van der Waals surface area contributed by atoms with Gasteiger partial charge in [-0.1, -0.05) is 0 Å². The normalized spacial score (nSPS) is 5.53. The Bertz CT molecular complexity index is 153. The monoisotopic (exact) mass is 354 g/mol. The van der Waals surface area contributed by atoms with Crippen molar-refractivity contribution >= 4 is 17.9 Å². The number of rotatable bonds is 1. The first-order valence-corrected chi connectivity index (χ1v) is 4.04. The van der Waals surface area contributed by atoms with Crippen molar-refractivity contribution in [3.63, 3.8) is 0 Å². The molecule has 0 aromatic carbocycles. The number of nitrogens with two attached hydrogens (primary N) is 2. The van der Waals surface area contributed by atoms with E-state index in [1.165, 1.54) is 0 Å². The van der Waals surface area contributed by atoms with E-state index >= 15 is 0 Å². The summed E-state index contributed by atoms with van der Waals surface area (Å²) in [5, 5.41) is 26.7. The zero-order chi connectivity index (χ0) is 14.1. The van der Waals surface area contributed by atoms with E-state index < -0.39 is 17.9 Å². The van der Waals surface area contributed by atoms with Crippen LogP contribution in [0.25, 0.3) is 0 Å². The average molecular weight is 355 g/mol. The van der Waals surface area contributed by atoms with Gasteiger partial charge in [-0.25, -0.2) is 0 Å². The molecule has 0 amide bonds. The number of carboxylic acids is 3. The third-order valence-electron chi connectivity index (χ3n) is 0.167. The van der Waals surface area contributed by atoms with Crippen molar-refractivity contribution in [1.82, 2.24) is 0 Å². The molecule has 4 N–H and O–H groups in total. The van der Waals surface area contributed by atoms with Gasteiger partial charge in [-0.15, -0.1) is 0 Å². The Morgan fingerprint density at radius 2 is 0.737 bits per heavy atom. The van der Waals surface area contributed by atoms with E-state index in [-0.39, 0.29) is 154 Å². The molecule has 0 saturated carbocycles. The molecule has 0 radical (unpaired) electrons. The molecule has 0 rings (SSSR count). The molecule has 0 bridgehead atoms. The minimum absolute atomic E-state index is 0. The second-order valence-electron chi connectivity index (χ2n) is 2.05. The molecule has 0 spiro atoms. The number of carbonyl (C=O) groups excluding carboxylic acids is 3. The van der Waals surface area contributed by atoms with Crippen molar-refractivity contribution in [2.24, 2.45) is 11.5 Å². The topological polar surface area (TPSA) is 172 Å². The maximum Gasteiger partial charge on any atom is 1.00 e. The van der Waals surface area contributed by atoms with Crippen LogP contribution in [0.4, 0.5) is 0 Å². The minimum Gasteiger partial charge on any atom is -0.550 e. The predicted molar refractivity (Wildman–Crippen MR) is 50.2 cm³/mol. The maximum absolute atomic E-state index is 8.89. The molecule has 19 heavy (non-hydrogen) atoms. The molecular formula is C8H17K3N2O6. The number of hydrogen-bond acceptors (Lipinski definition) is 8. The Hall–Kier alpha value is 3.24. The molecule has 0 aromatic rings. The molecule has 0 atom stereocenters. The Kier molecular flexibility index (Phi) is 97.6. The first kappa shape index (κ1) is 43.2. The molecule has 0 aliphatic rings. The summed E-state index contributed by atoms with van der Waals surface area (Å²) >= 11 is 0. The van der Waals surface area contributed by atoms with Crippen LogP contribution in [-0.4, -0.2) is 31.0 Å². The molecule has 8 nitrogen and oxygen atoms in total. The van der Waals surface area contributed by atoms with Gasteiger partial charge in [0.05, 0.1) is 0 Å². The predicted octanol–water partition coefficient (Wildman–Crippen LogP) is -13.8. The zero-order valence-electron chi connectivity index (χ0n) is 12.5. The summed E-state index contributed by atoms with van der Waals surface area (Å²) in [6, 6.07) is 0. The number of hydrogen-bond donors (Lipinski definition) is 2. The van der Waals surface area contributed by atoms with Gasteiger partial charge >= 0.3 is 154 Å². The first-order chi connectivity index (χ1) is 7.11. The summed E-state index contributed by atoms with van der Waals surface area (Å²) in [5.74, 6) is -3.25. The van der Waals surface area contributed by atoms with E-state index in [0.29, 0.717) is 13.1 Å². The van der Waals surface area contributed by atoms with Crippen LogP contribution in [0.1, 0.15) is 20.8 Å². The SMILES string of the molecule is CC(=O)[O-].CC(=O)[O-].CC(=O)[O-].NCCN.[K+].[K+].[K+]. The van der Waals surface area contributed by atoms with Crippen molar-refractivity contribution in [1.29, 1.82) is 0 Å². The molecule has 11 heteroatoms. The summed E-state index contributed by atoms with van der Waals surface area (Å²) in [7, 11) is 0. The second-order valence-corrected chi connectivity index (χ2v) is 2.05. The Balaban J connectivity index is -0.0000000192. The van der Waals surface area contributed by atoms with Gasteiger partial charge in [0, 0.05) is 31.0 Å². The van der Waals surface area contributed by atoms with E-state index in [2.05, 4.69) is 0 Å².